The molecule has 1 aromatic carbocycles. The SMILES string of the molecule is Brc1ccccc1CC1CCCCC(Br)C1. The molecule has 0 amide bonds. The second kappa shape index (κ2) is 6.20. The smallest absolute Gasteiger partial charge is 0.0207 e. The van der Waals surface area contributed by atoms with Crippen LogP contribution in [0.4, 0.5) is 0 Å². The fourth-order valence-electron chi connectivity index (χ4n) is 2.56. The van der Waals surface area contributed by atoms with Crippen molar-refractivity contribution in [2.45, 2.75) is 43.4 Å². The van der Waals surface area contributed by atoms with Gasteiger partial charge in [0.15, 0.2) is 0 Å². The average molecular weight is 346 g/mol. The topological polar surface area (TPSA) is 0 Å². The molecule has 2 unspecified atom stereocenters. The van der Waals surface area contributed by atoms with Gasteiger partial charge in [0.25, 0.3) is 0 Å². The highest BCUT2D eigenvalue weighted by Gasteiger charge is 2.19. The Labute approximate surface area is 115 Å². The second-order valence-electron chi connectivity index (χ2n) is 4.78. The van der Waals surface area contributed by atoms with E-state index in [-0.39, 0.29) is 0 Å². The molecule has 88 valence electrons. The number of hydrogen-bond donors (Lipinski definition) is 0. The minimum Gasteiger partial charge on any atom is -0.0891 e. The highest BCUT2D eigenvalue weighted by atomic mass is 79.9. The summed E-state index contributed by atoms with van der Waals surface area (Å²) in [7, 11) is 0. The third kappa shape index (κ3) is 3.59. The van der Waals surface area contributed by atoms with Crippen molar-refractivity contribution in [2.75, 3.05) is 0 Å². The Bertz CT molecular complexity index is 335. The van der Waals surface area contributed by atoms with Crippen LogP contribution in [0.25, 0.3) is 0 Å². The molecule has 2 rings (SSSR count). The molecule has 0 aromatic heterocycles. The molecule has 1 aliphatic carbocycles. The lowest BCUT2D eigenvalue weighted by atomic mass is 9.92. The average Bonchev–Trinajstić information content (AvgIpc) is 2.46. The summed E-state index contributed by atoms with van der Waals surface area (Å²) < 4.78 is 1.27. The first-order valence-corrected chi connectivity index (χ1v) is 7.84. The number of halogens is 2. The lowest BCUT2D eigenvalue weighted by Gasteiger charge is -2.17. The van der Waals surface area contributed by atoms with Crippen LogP contribution in [0.2, 0.25) is 0 Å². The maximum Gasteiger partial charge on any atom is 0.0207 e. The Morgan fingerprint density at radius 1 is 1.12 bits per heavy atom. The Morgan fingerprint density at radius 3 is 2.69 bits per heavy atom. The third-order valence-corrected chi connectivity index (χ3v) is 5.04. The van der Waals surface area contributed by atoms with Gasteiger partial charge in [0.05, 0.1) is 0 Å². The van der Waals surface area contributed by atoms with Crippen LogP contribution in [-0.2, 0) is 6.42 Å². The van der Waals surface area contributed by atoms with Gasteiger partial charge in [-0.05, 0) is 36.8 Å². The van der Waals surface area contributed by atoms with Gasteiger partial charge in [-0.25, -0.2) is 0 Å². The quantitative estimate of drug-likeness (QED) is 0.501. The number of rotatable bonds is 2. The van der Waals surface area contributed by atoms with E-state index in [2.05, 4.69) is 56.1 Å². The van der Waals surface area contributed by atoms with Crippen molar-refractivity contribution in [3.63, 3.8) is 0 Å². The van der Waals surface area contributed by atoms with Crippen molar-refractivity contribution >= 4 is 31.9 Å². The van der Waals surface area contributed by atoms with Crippen LogP contribution in [0, 0.1) is 5.92 Å². The summed E-state index contributed by atoms with van der Waals surface area (Å²) in [4.78, 5) is 0.738. The minimum atomic E-state index is 0.738. The van der Waals surface area contributed by atoms with E-state index in [1.54, 1.807) is 0 Å². The Kier molecular flexibility index (Phi) is 4.90. The number of benzene rings is 1. The first-order chi connectivity index (χ1) is 7.75. The molecule has 0 spiro atoms. The molecule has 1 fully saturated rings. The fraction of sp³-hybridized carbons (Fsp3) is 0.571. The first kappa shape index (κ1) is 12.6. The molecule has 16 heavy (non-hydrogen) atoms. The van der Waals surface area contributed by atoms with Crippen molar-refractivity contribution < 1.29 is 0 Å². The van der Waals surface area contributed by atoms with Gasteiger partial charge < -0.3 is 0 Å². The normalized spacial score (nSPS) is 26.4. The van der Waals surface area contributed by atoms with Crippen molar-refractivity contribution in [1.82, 2.24) is 0 Å². The third-order valence-electron chi connectivity index (χ3n) is 3.44. The van der Waals surface area contributed by atoms with Gasteiger partial charge in [0.2, 0.25) is 0 Å². The van der Waals surface area contributed by atoms with Crippen molar-refractivity contribution in [1.29, 1.82) is 0 Å². The Morgan fingerprint density at radius 2 is 1.88 bits per heavy atom. The molecule has 0 nitrogen and oxygen atoms in total. The molecule has 0 N–H and O–H groups in total. The first-order valence-electron chi connectivity index (χ1n) is 6.13. The van der Waals surface area contributed by atoms with Crippen LogP contribution < -0.4 is 0 Å². The lowest BCUT2D eigenvalue weighted by Crippen LogP contribution is -2.08. The highest BCUT2D eigenvalue weighted by Crippen LogP contribution is 2.31. The largest absolute Gasteiger partial charge is 0.0891 e. The predicted octanol–water partition coefficient (Wildman–Crippen LogP) is 5.34. The molecule has 0 aliphatic heterocycles. The summed E-state index contributed by atoms with van der Waals surface area (Å²) in [5.74, 6) is 0.852. The number of hydrogen-bond acceptors (Lipinski definition) is 0. The Hall–Kier alpha value is 0.180. The van der Waals surface area contributed by atoms with Gasteiger partial charge in [-0.3, -0.25) is 0 Å². The summed E-state index contributed by atoms with van der Waals surface area (Å²) in [5.41, 5.74) is 1.47. The standard InChI is InChI=1S/C14H18Br2/c15-13-7-3-1-5-11(10-13)9-12-6-2-4-8-14(12)16/h2,4,6,8,11,13H,1,3,5,7,9-10H2. The summed E-state index contributed by atoms with van der Waals surface area (Å²) in [6.45, 7) is 0. The van der Waals surface area contributed by atoms with E-state index in [1.165, 1.54) is 48.6 Å². The van der Waals surface area contributed by atoms with Crippen molar-refractivity contribution in [3.05, 3.63) is 34.3 Å². The Balaban J connectivity index is 2.00. The van der Waals surface area contributed by atoms with Gasteiger partial charge in [-0.1, -0.05) is 69.3 Å². The zero-order chi connectivity index (χ0) is 11.4. The van der Waals surface area contributed by atoms with Crippen molar-refractivity contribution in [2.24, 2.45) is 5.92 Å². The van der Waals surface area contributed by atoms with E-state index >= 15 is 0 Å². The van der Waals surface area contributed by atoms with E-state index in [4.69, 9.17) is 0 Å². The van der Waals surface area contributed by atoms with E-state index in [9.17, 15) is 0 Å². The molecule has 0 heterocycles. The van der Waals surface area contributed by atoms with Crippen LogP contribution in [0.5, 0.6) is 0 Å². The zero-order valence-electron chi connectivity index (χ0n) is 9.46. The summed E-state index contributed by atoms with van der Waals surface area (Å²) in [6, 6.07) is 8.63. The molecule has 0 radical (unpaired) electrons. The molecule has 1 aromatic rings. The van der Waals surface area contributed by atoms with Crippen LogP contribution in [-0.4, -0.2) is 4.83 Å². The van der Waals surface area contributed by atoms with Crippen LogP contribution in [0.1, 0.15) is 37.7 Å². The van der Waals surface area contributed by atoms with Crippen LogP contribution >= 0.6 is 31.9 Å². The zero-order valence-corrected chi connectivity index (χ0v) is 12.6. The van der Waals surface area contributed by atoms with E-state index in [0.717, 1.165) is 10.7 Å². The predicted molar refractivity (Wildman–Crippen MR) is 77.1 cm³/mol. The minimum absolute atomic E-state index is 0.738. The molecular formula is C14H18Br2. The molecular weight excluding hydrogens is 328 g/mol. The van der Waals surface area contributed by atoms with Gasteiger partial charge in [0, 0.05) is 9.30 Å². The summed E-state index contributed by atoms with van der Waals surface area (Å²) >= 11 is 7.44. The van der Waals surface area contributed by atoms with Crippen LogP contribution in [0.15, 0.2) is 28.7 Å². The monoisotopic (exact) mass is 344 g/mol. The van der Waals surface area contributed by atoms with Gasteiger partial charge in [-0.15, -0.1) is 0 Å². The van der Waals surface area contributed by atoms with E-state index in [0.29, 0.717) is 0 Å². The van der Waals surface area contributed by atoms with E-state index < -0.39 is 0 Å². The molecule has 2 heteroatoms. The van der Waals surface area contributed by atoms with Crippen LogP contribution in [0.3, 0.4) is 0 Å². The fourth-order valence-corrected chi connectivity index (χ4v) is 3.86. The molecule has 0 saturated heterocycles. The molecule has 1 aliphatic rings. The summed E-state index contributed by atoms with van der Waals surface area (Å²) in [5, 5.41) is 0. The van der Waals surface area contributed by atoms with Gasteiger partial charge >= 0.3 is 0 Å². The summed E-state index contributed by atoms with van der Waals surface area (Å²) in [6.07, 6.45) is 8.10. The molecule has 1 saturated carbocycles. The van der Waals surface area contributed by atoms with E-state index in [1.807, 2.05) is 0 Å². The molecule has 0 bridgehead atoms. The van der Waals surface area contributed by atoms with Gasteiger partial charge in [0.1, 0.15) is 0 Å². The maximum atomic E-state index is 3.80. The lowest BCUT2D eigenvalue weighted by molar-refractivity contribution is 0.463. The number of alkyl halides is 1. The highest BCUT2D eigenvalue weighted by molar-refractivity contribution is 9.10. The van der Waals surface area contributed by atoms with Gasteiger partial charge in [-0.2, -0.15) is 0 Å². The molecule has 2 atom stereocenters. The maximum absolute atomic E-state index is 3.80. The van der Waals surface area contributed by atoms with Crippen molar-refractivity contribution in [3.8, 4) is 0 Å². The second-order valence-corrected chi connectivity index (χ2v) is 6.93.